The average Bonchev–Trinajstić information content (AvgIpc) is 3.54. The first-order chi connectivity index (χ1) is 31.2. The standard InChI is InChI=1S/C43H79N3O17S/c1-37(2)4-5-39(48)7-11-52-13-15-54-17-19-56-21-23-58-25-27-60-29-31-62-33-34-63-32-30-61-28-26-59-24-22-57-20-18-55-16-14-53-12-8-45-41(49)6-10-46-42(50)36-40(43(46)51)64-35-9-44-38(3)47/h37,40H,4-36H2,1-3H3,(H,44,47)(H,45,49). The molecule has 64 heavy (non-hydrogen) atoms. The number of amides is 4. The molecule has 1 atom stereocenters. The summed E-state index contributed by atoms with van der Waals surface area (Å²) in [4.78, 5) is 60.6. The van der Waals surface area contributed by atoms with Crippen molar-refractivity contribution in [3.05, 3.63) is 0 Å². The number of carbonyl (C=O) groups excluding carboxylic acids is 5. The summed E-state index contributed by atoms with van der Waals surface area (Å²) in [6.07, 6.45) is 2.15. The van der Waals surface area contributed by atoms with Crippen LogP contribution in [0.15, 0.2) is 0 Å². The molecule has 374 valence electrons. The van der Waals surface area contributed by atoms with Crippen molar-refractivity contribution in [2.75, 3.05) is 184 Å². The van der Waals surface area contributed by atoms with Gasteiger partial charge in [0.05, 0.1) is 164 Å². The minimum atomic E-state index is -0.476. The monoisotopic (exact) mass is 942 g/mol. The van der Waals surface area contributed by atoms with E-state index in [2.05, 4.69) is 24.5 Å². The lowest BCUT2D eigenvalue weighted by atomic mass is 10.0. The van der Waals surface area contributed by atoms with E-state index < -0.39 is 5.25 Å². The highest BCUT2D eigenvalue weighted by Crippen LogP contribution is 2.25. The van der Waals surface area contributed by atoms with Crippen LogP contribution in [-0.4, -0.2) is 224 Å². The maximum atomic E-state index is 12.5. The second-order valence-electron chi connectivity index (χ2n) is 14.6. The third-order valence-corrected chi connectivity index (χ3v) is 9.96. The van der Waals surface area contributed by atoms with E-state index in [0.29, 0.717) is 196 Å². The van der Waals surface area contributed by atoms with Crippen LogP contribution in [0.5, 0.6) is 0 Å². The molecule has 0 bridgehead atoms. The van der Waals surface area contributed by atoms with Gasteiger partial charge in [-0.05, 0) is 12.3 Å². The van der Waals surface area contributed by atoms with Crippen molar-refractivity contribution in [1.82, 2.24) is 15.5 Å². The molecule has 2 N–H and O–H groups in total. The number of likely N-dealkylation sites (tertiary alicyclic amines) is 1. The van der Waals surface area contributed by atoms with Gasteiger partial charge in [0.2, 0.25) is 23.6 Å². The lowest BCUT2D eigenvalue weighted by Gasteiger charge is -2.15. The molecule has 0 saturated carbocycles. The Balaban J connectivity index is 1.70. The zero-order valence-corrected chi connectivity index (χ0v) is 39.6. The Kier molecular flexibility index (Phi) is 41.4. The van der Waals surface area contributed by atoms with Crippen LogP contribution in [-0.2, 0) is 80.8 Å². The normalized spacial score (nSPS) is 14.0. The van der Waals surface area contributed by atoms with Gasteiger partial charge in [0, 0.05) is 58.0 Å². The molecule has 0 aromatic heterocycles. The molecular weight excluding hydrogens is 863 g/mol. The van der Waals surface area contributed by atoms with Gasteiger partial charge in [-0.25, -0.2) is 0 Å². The van der Waals surface area contributed by atoms with E-state index in [1.54, 1.807) is 0 Å². The first-order valence-corrected chi connectivity index (χ1v) is 23.7. The maximum Gasteiger partial charge on any atom is 0.242 e. The summed E-state index contributed by atoms with van der Waals surface area (Å²) in [6.45, 7) is 17.2. The summed E-state index contributed by atoms with van der Waals surface area (Å²) in [6, 6.07) is 0. The van der Waals surface area contributed by atoms with E-state index >= 15 is 0 Å². The lowest BCUT2D eigenvalue weighted by Crippen LogP contribution is -2.36. The van der Waals surface area contributed by atoms with Gasteiger partial charge in [0.25, 0.3) is 0 Å². The van der Waals surface area contributed by atoms with Crippen LogP contribution >= 0.6 is 11.8 Å². The summed E-state index contributed by atoms with van der Waals surface area (Å²) < 4.78 is 65.7. The quantitative estimate of drug-likeness (QED) is 0.0644. The van der Waals surface area contributed by atoms with Gasteiger partial charge >= 0.3 is 0 Å². The Hall–Kier alpha value is -2.38. The molecule has 21 heteroatoms. The Morgan fingerprint density at radius 2 is 0.906 bits per heavy atom. The van der Waals surface area contributed by atoms with E-state index in [-0.39, 0.29) is 48.8 Å². The minimum absolute atomic E-state index is 0.0232. The zero-order valence-electron chi connectivity index (χ0n) is 38.8. The van der Waals surface area contributed by atoms with Crippen molar-refractivity contribution in [2.45, 2.75) is 58.1 Å². The number of hydrogen-bond donors (Lipinski definition) is 2. The van der Waals surface area contributed by atoms with E-state index in [0.717, 1.165) is 11.3 Å². The van der Waals surface area contributed by atoms with Crippen LogP contribution in [0.4, 0.5) is 0 Å². The lowest BCUT2D eigenvalue weighted by molar-refractivity contribution is -0.138. The van der Waals surface area contributed by atoms with Gasteiger partial charge in [0.1, 0.15) is 5.78 Å². The zero-order chi connectivity index (χ0) is 46.6. The van der Waals surface area contributed by atoms with Crippen molar-refractivity contribution in [3.8, 4) is 0 Å². The molecule has 1 unspecified atom stereocenters. The maximum absolute atomic E-state index is 12.5. The molecule has 0 aromatic rings. The van der Waals surface area contributed by atoms with Gasteiger partial charge in [-0.2, -0.15) is 0 Å². The van der Waals surface area contributed by atoms with Crippen molar-refractivity contribution < 1.29 is 80.8 Å². The second-order valence-corrected chi connectivity index (χ2v) is 15.9. The summed E-state index contributed by atoms with van der Waals surface area (Å²) in [5.41, 5.74) is 0. The fraction of sp³-hybridized carbons (Fsp3) is 0.884. The van der Waals surface area contributed by atoms with Crippen LogP contribution in [0.1, 0.15) is 52.9 Å². The smallest absolute Gasteiger partial charge is 0.242 e. The number of nitrogens with zero attached hydrogens (tertiary/aromatic N) is 1. The number of thioether (sulfide) groups is 1. The summed E-state index contributed by atoms with van der Waals surface area (Å²) >= 11 is 1.33. The molecule has 1 heterocycles. The fourth-order valence-electron chi connectivity index (χ4n) is 5.29. The van der Waals surface area contributed by atoms with Gasteiger partial charge in [-0.3, -0.25) is 28.9 Å². The molecule has 0 aromatic carbocycles. The predicted molar refractivity (Wildman–Crippen MR) is 237 cm³/mol. The topological polar surface area (TPSA) is 223 Å². The predicted octanol–water partition coefficient (Wildman–Crippen LogP) is 1.08. The Labute approximate surface area is 384 Å². The Morgan fingerprint density at radius 1 is 0.531 bits per heavy atom. The van der Waals surface area contributed by atoms with Crippen LogP contribution in [0.2, 0.25) is 0 Å². The first kappa shape index (κ1) is 59.6. The van der Waals surface area contributed by atoms with Gasteiger partial charge in [-0.15, -0.1) is 11.8 Å². The van der Waals surface area contributed by atoms with Gasteiger partial charge < -0.3 is 67.5 Å². The van der Waals surface area contributed by atoms with Crippen LogP contribution < -0.4 is 10.6 Å². The molecule has 0 spiro atoms. The van der Waals surface area contributed by atoms with E-state index in [9.17, 15) is 24.0 Å². The first-order valence-electron chi connectivity index (χ1n) is 22.6. The molecule has 0 aliphatic carbocycles. The van der Waals surface area contributed by atoms with Crippen molar-refractivity contribution >= 4 is 41.2 Å². The molecule has 1 fully saturated rings. The average molecular weight is 942 g/mol. The number of ketones is 1. The van der Waals surface area contributed by atoms with Crippen molar-refractivity contribution in [1.29, 1.82) is 0 Å². The number of ether oxygens (including phenoxy) is 12. The van der Waals surface area contributed by atoms with Gasteiger partial charge in [-0.1, -0.05) is 13.8 Å². The van der Waals surface area contributed by atoms with Crippen LogP contribution in [0.3, 0.4) is 0 Å². The molecule has 1 aliphatic rings. The summed E-state index contributed by atoms with van der Waals surface area (Å²) in [5, 5.41) is 4.90. The highest BCUT2D eigenvalue weighted by molar-refractivity contribution is 8.00. The molecule has 0 radical (unpaired) electrons. The molecule has 1 rings (SSSR count). The molecule has 4 amide bonds. The van der Waals surface area contributed by atoms with Crippen LogP contribution in [0.25, 0.3) is 0 Å². The number of hydrogen-bond acceptors (Lipinski definition) is 18. The third-order valence-electron chi connectivity index (χ3n) is 8.75. The van der Waals surface area contributed by atoms with Crippen LogP contribution in [0, 0.1) is 5.92 Å². The molecule has 1 saturated heterocycles. The third kappa shape index (κ3) is 38.8. The number of rotatable bonds is 49. The van der Waals surface area contributed by atoms with E-state index in [1.807, 2.05) is 0 Å². The van der Waals surface area contributed by atoms with Crippen molar-refractivity contribution in [2.24, 2.45) is 5.92 Å². The number of imide groups is 1. The highest BCUT2D eigenvalue weighted by Gasteiger charge is 2.38. The molecular formula is C43H79N3O17S. The molecule has 20 nitrogen and oxygen atoms in total. The number of carbonyl (C=O) groups is 5. The van der Waals surface area contributed by atoms with E-state index in [1.165, 1.54) is 18.7 Å². The number of Topliss-reactive ketones (excluding diaryl/α,β-unsaturated/α-hetero) is 1. The Bertz CT molecular complexity index is 1180. The fourth-order valence-corrected chi connectivity index (χ4v) is 6.33. The summed E-state index contributed by atoms with van der Waals surface area (Å²) in [5.74, 6) is 0.338. The number of nitrogens with one attached hydrogen (secondary N) is 2. The van der Waals surface area contributed by atoms with Gasteiger partial charge in [0.15, 0.2) is 0 Å². The highest BCUT2D eigenvalue weighted by atomic mass is 32.2. The van der Waals surface area contributed by atoms with E-state index in [4.69, 9.17) is 56.8 Å². The summed E-state index contributed by atoms with van der Waals surface area (Å²) in [7, 11) is 0. The van der Waals surface area contributed by atoms with Crippen molar-refractivity contribution in [3.63, 3.8) is 0 Å². The SMILES string of the molecule is CC(=O)NCCSC1CC(=O)N(CCC(=O)NCCOCCOCCOCCOCCOCCOCCOCCOCCOCCOCCOCCOCCC(=O)CCC(C)C)C1=O. The largest absolute Gasteiger partial charge is 0.379 e. The Morgan fingerprint density at radius 3 is 1.28 bits per heavy atom. The minimum Gasteiger partial charge on any atom is -0.379 e. The second kappa shape index (κ2) is 44.5. The molecule has 1 aliphatic heterocycles.